The number of hydrogen-bond donors (Lipinski definition) is 0. The Bertz CT molecular complexity index is 652. The first kappa shape index (κ1) is 13.6. The van der Waals surface area contributed by atoms with Crippen LogP contribution in [0.15, 0.2) is 35.2 Å². The van der Waals surface area contributed by atoms with Crippen LogP contribution in [0.1, 0.15) is 27.3 Å². The molecule has 0 atom stereocenters. The molecule has 0 bridgehead atoms. The third kappa shape index (κ3) is 3.14. The Morgan fingerprint density at radius 2 is 2.11 bits per heavy atom. The number of hydrogen-bond acceptors (Lipinski definition) is 3. The van der Waals surface area contributed by atoms with Gasteiger partial charge in [0.05, 0.1) is 18.3 Å². The minimum atomic E-state index is -0.645. The Morgan fingerprint density at radius 1 is 1.37 bits per heavy atom. The van der Waals surface area contributed by atoms with E-state index in [1.54, 1.807) is 17.7 Å². The average Bonchev–Trinajstić information content (AvgIpc) is 2.75. The standard InChI is InChI=1S/C13H10BrFN2O2/c1-17-6-11(16-7-17)13(19)5-12(18)9-3-2-8(14)4-10(9)15/h2-4,6-7H,5H2,1H3. The van der Waals surface area contributed by atoms with Crippen molar-refractivity contribution in [1.82, 2.24) is 9.55 Å². The predicted molar refractivity (Wildman–Crippen MR) is 70.6 cm³/mol. The van der Waals surface area contributed by atoms with E-state index < -0.39 is 23.8 Å². The van der Waals surface area contributed by atoms with Crippen LogP contribution in [-0.4, -0.2) is 21.1 Å². The van der Waals surface area contributed by atoms with Gasteiger partial charge in [-0.05, 0) is 18.2 Å². The van der Waals surface area contributed by atoms with Crippen LogP contribution < -0.4 is 0 Å². The summed E-state index contributed by atoms with van der Waals surface area (Å²) in [5.74, 6) is -1.62. The summed E-state index contributed by atoms with van der Waals surface area (Å²) in [5, 5.41) is 0. The van der Waals surface area contributed by atoms with Crippen molar-refractivity contribution in [2.75, 3.05) is 0 Å². The average molecular weight is 325 g/mol. The lowest BCUT2D eigenvalue weighted by Crippen LogP contribution is -2.10. The lowest BCUT2D eigenvalue weighted by Gasteiger charge is -2.01. The fourth-order valence-corrected chi connectivity index (χ4v) is 1.94. The smallest absolute Gasteiger partial charge is 0.190 e. The zero-order valence-electron chi connectivity index (χ0n) is 10.1. The minimum Gasteiger partial charge on any atom is -0.340 e. The number of rotatable bonds is 4. The van der Waals surface area contributed by atoms with Gasteiger partial charge in [-0.3, -0.25) is 9.59 Å². The summed E-state index contributed by atoms with van der Waals surface area (Å²) in [4.78, 5) is 27.5. The third-order valence-electron chi connectivity index (χ3n) is 2.54. The van der Waals surface area contributed by atoms with Crippen LogP contribution in [0.4, 0.5) is 4.39 Å². The van der Waals surface area contributed by atoms with E-state index in [9.17, 15) is 14.0 Å². The monoisotopic (exact) mass is 324 g/mol. The summed E-state index contributed by atoms with van der Waals surface area (Å²) in [5.41, 5.74) is 0.112. The molecule has 1 aromatic heterocycles. The summed E-state index contributed by atoms with van der Waals surface area (Å²) in [6.07, 6.45) is 2.60. The number of carbonyl (C=O) groups excluding carboxylic acids is 2. The molecule has 0 saturated carbocycles. The van der Waals surface area contributed by atoms with E-state index in [0.29, 0.717) is 4.47 Å². The van der Waals surface area contributed by atoms with E-state index in [-0.39, 0.29) is 11.3 Å². The minimum absolute atomic E-state index is 0.0903. The number of aromatic nitrogens is 2. The number of ketones is 2. The second kappa shape index (κ2) is 5.44. The third-order valence-corrected chi connectivity index (χ3v) is 3.04. The first-order chi connectivity index (χ1) is 8.97. The summed E-state index contributed by atoms with van der Waals surface area (Å²) < 4.78 is 15.7. The van der Waals surface area contributed by atoms with E-state index >= 15 is 0 Å². The maximum atomic E-state index is 13.6. The maximum absolute atomic E-state index is 13.6. The van der Waals surface area contributed by atoms with Gasteiger partial charge in [0, 0.05) is 17.7 Å². The Kier molecular flexibility index (Phi) is 3.90. The molecule has 0 unspecified atom stereocenters. The zero-order valence-corrected chi connectivity index (χ0v) is 11.6. The Hall–Kier alpha value is -1.82. The molecule has 1 heterocycles. The van der Waals surface area contributed by atoms with Gasteiger partial charge in [-0.15, -0.1) is 0 Å². The van der Waals surface area contributed by atoms with Crippen molar-refractivity contribution in [3.8, 4) is 0 Å². The fourth-order valence-electron chi connectivity index (χ4n) is 1.60. The van der Waals surface area contributed by atoms with Crippen LogP contribution in [0, 0.1) is 5.82 Å². The number of benzene rings is 1. The van der Waals surface area contributed by atoms with Crippen molar-refractivity contribution >= 4 is 27.5 Å². The van der Waals surface area contributed by atoms with Gasteiger partial charge in [-0.2, -0.15) is 0 Å². The normalized spacial score (nSPS) is 10.5. The first-order valence-electron chi connectivity index (χ1n) is 5.47. The largest absolute Gasteiger partial charge is 0.340 e. The maximum Gasteiger partial charge on any atom is 0.190 e. The van der Waals surface area contributed by atoms with Crippen molar-refractivity contribution in [2.24, 2.45) is 7.05 Å². The number of nitrogens with zero attached hydrogens (tertiary/aromatic N) is 2. The molecule has 2 aromatic rings. The molecule has 1 aromatic carbocycles. The molecule has 0 saturated heterocycles. The molecule has 0 aliphatic rings. The second-order valence-corrected chi connectivity index (χ2v) is 4.99. The molecule has 98 valence electrons. The van der Waals surface area contributed by atoms with Gasteiger partial charge < -0.3 is 4.57 Å². The molecular formula is C13H10BrFN2O2. The highest BCUT2D eigenvalue weighted by molar-refractivity contribution is 9.10. The summed E-state index contributed by atoms with van der Waals surface area (Å²) >= 11 is 3.10. The first-order valence-corrected chi connectivity index (χ1v) is 6.26. The quantitative estimate of drug-likeness (QED) is 0.642. The van der Waals surface area contributed by atoms with E-state index in [4.69, 9.17) is 0 Å². The van der Waals surface area contributed by atoms with Crippen molar-refractivity contribution in [1.29, 1.82) is 0 Å². The highest BCUT2D eigenvalue weighted by Crippen LogP contribution is 2.17. The second-order valence-electron chi connectivity index (χ2n) is 4.07. The SMILES string of the molecule is Cn1cnc(C(=O)CC(=O)c2ccc(Br)cc2F)c1. The molecule has 6 heteroatoms. The van der Waals surface area contributed by atoms with Gasteiger partial charge in [0.1, 0.15) is 11.5 Å². The molecule has 2 rings (SSSR count). The Balaban J connectivity index is 2.15. The summed E-state index contributed by atoms with van der Waals surface area (Å²) in [7, 11) is 1.72. The number of Topliss-reactive ketones (excluding diaryl/α,β-unsaturated/α-hetero) is 2. The van der Waals surface area contributed by atoms with Gasteiger partial charge in [-0.25, -0.2) is 9.37 Å². The van der Waals surface area contributed by atoms with Crippen LogP contribution in [0.3, 0.4) is 0 Å². The van der Waals surface area contributed by atoms with E-state index in [1.807, 2.05) is 0 Å². The lowest BCUT2D eigenvalue weighted by molar-refractivity contribution is 0.0889. The molecule has 0 aliphatic carbocycles. The van der Waals surface area contributed by atoms with Gasteiger partial charge in [0.2, 0.25) is 0 Å². The van der Waals surface area contributed by atoms with E-state index in [0.717, 1.165) is 0 Å². The molecule has 4 nitrogen and oxygen atoms in total. The van der Waals surface area contributed by atoms with Gasteiger partial charge >= 0.3 is 0 Å². The van der Waals surface area contributed by atoms with Crippen molar-refractivity contribution in [3.05, 3.63) is 52.3 Å². The fraction of sp³-hybridized carbons (Fsp3) is 0.154. The van der Waals surface area contributed by atoms with Crippen molar-refractivity contribution in [2.45, 2.75) is 6.42 Å². The van der Waals surface area contributed by atoms with E-state index in [1.165, 1.54) is 24.7 Å². The molecule has 0 fully saturated rings. The molecule has 0 N–H and O–H groups in total. The number of carbonyl (C=O) groups is 2. The van der Waals surface area contributed by atoms with Gasteiger partial charge in [-0.1, -0.05) is 15.9 Å². The van der Waals surface area contributed by atoms with Crippen LogP contribution in [0.2, 0.25) is 0 Å². The number of aryl methyl sites for hydroxylation is 1. The molecule has 0 radical (unpaired) electrons. The van der Waals surface area contributed by atoms with Crippen LogP contribution >= 0.6 is 15.9 Å². The predicted octanol–water partition coefficient (Wildman–Crippen LogP) is 2.78. The van der Waals surface area contributed by atoms with Gasteiger partial charge in [0.15, 0.2) is 11.6 Å². The topological polar surface area (TPSA) is 52.0 Å². The van der Waals surface area contributed by atoms with Gasteiger partial charge in [0.25, 0.3) is 0 Å². The van der Waals surface area contributed by atoms with Crippen LogP contribution in [-0.2, 0) is 7.05 Å². The highest BCUT2D eigenvalue weighted by Gasteiger charge is 2.18. The van der Waals surface area contributed by atoms with Crippen LogP contribution in [0.25, 0.3) is 0 Å². The molecule has 19 heavy (non-hydrogen) atoms. The summed E-state index contributed by atoms with van der Waals surface area (Å²) in [6, 6.07) is 4.10. The Morgan fingerprint density at radius 3 is 2.68 bits per heavy atom. The molecule has 0 amide bonds. The summed E-state index contributed by atoms with van der Waals surface area (Å²) in [6.45, 7) is 0. The van der Waals surface area contributed by atoms with Crippen molar-refractivity contribution < 1.29 is 14.0 Å². The zero-order chi connectivity index (χ0) is 14.0. The highest BCUT2D eigenvalue weighted by atomic mass is 79.9. The molecule has 0 spiro atoms. The molecule has 0 aliphatic heterocycles. The lowest BCUT2D eigenvalue weighted by atomic mass is 10.0. The molecular weight excluding hydrogens is 315 g/mol. The number of halogens is 2. The van der Waals surface area contributed by atoms with Crippen LogP contribution in [0.5, 0.6) is 0 Å². The number of imidazole rings is 1. The van der Waals surface area contributed by atoms with Crippen molar-refractivity contribution in [3.63, 3.8) is 0 Å². The van der Waals surface area contributed by atoms with E-state index in [2.05, 4.69) is 20.9 Å². The Labute approximate surface area is 117 Å².